The van der Waals surface area contributed by atoms with E-state index in [0.717, 1.165) is 93.4 Å². The lowest BCUT2D eigenvalue weighted by molar-refractivity contribution is -0.384. The molecule has 3 aromatic carbocycles. The van der Waals surface area contributed by atoms with Crippen molar-refractivity contribution in [2.45, 2.75) is 63.7 Å². The Morgan fingerprint density at radius 3 is 2.53 bits per heavy atom. The van der Waals surface area contributed by atoms with Gasteiger partial charge in [0.1, 0.15) is 22.8 Å². The van der Waals surface area contributed by atoms with Gasteiger partial charge in [-0.1, -0.05) is 43.2 Å². The van der Waals surface area contributed by atoms with E-state index in [1.165, 1.54) is 41.5 Å². The molecule has 14 nitrogen and oxygen atoms in total. The average Bonchev–Trinajstić information content (AvgIpc) is 3.74. The van der Waals surface area contributed by atoms with Crippen LogP contribution in [-0.2, 0) is 14.8 Å². The van der Waals surface area contributed by atoms with Crippen molar-refractivity contribution in [3.05, 3.63) is 117 Å². The van der Waals surface area contributed by atoms with Crippen LogP contribution in [0.4, 0.5) is 17.1 Å². The normalized spacial score (nSPS) is 19.1. The third kappa shape index (κ3) is 9.63. The number of likely N-dealkylation sites (tertiary alicyclic amines) is 1. The van der Waals surface area contributed by atoms with Crippen LogP contribution < -0.4 is 19.7 Å². The fourth-order valence-corrected chi connectivity index (χ4v) is 10.8. The summed E-state index contributed by atoms with van der Waals surface area (Å²) in [5.74, 6) is -0.149. The first-order valence-electron chi connectivity index (χ1n) is 22.1. The number of nitrogens with zero attached hydrogens (tertiary/aromatic N) is 4. The molecule has 0 bridgehead atoms. The number of pyridine rings is 1. The number of H-pyrrole nitrogens is 1. The number of sulfonamides is 1. The first kappa shape index (κ1) is 43.8. The number of piperidine rings is 1. The van der Waals surface area contributed by atoms with Gasteiger partial charge in [-0.15, -0.1) is 0 Å². The van der Waals surface area contributed by atoms with Gasteiger partial charge in [0.15, 0.2) is 0 Å². The number of nitro benzene ring substituents is 1. The van der Waals surface area contributed by atoms with E-state index < -0.39 is 31.4 Å². The highest BCUT2D eigenvalue weighted by molar-refractivity contribution is 7.90. The van der Waals surface area contributed by atoms with Crippen molar-refractivity contribution in [3.8, 4) is 11.5 Å². The van der Waals surface area contributed by atoms with Crippen molar-refractivity contribution in [1.29, 1.82) is 0 Å². The van der Waals surface area contributed by atoms with Crippen LogP contribution in [0, 0.1) is 26.9 Å². The quantitative estimate of drug-likeness (QED) is 0.0759. The van der Waals surface area contributed by atoms with Gasteiger partial charge in [0.05, 0.1) is 21.6 Å². The zero-order chi connectivity index (χ0) is 44.6. The van der Waals surface area contributed by atoms with E-state index in [1.807, 2.05) is 24.3 Å². The maximum Gasteiger partial charge on any atom is 0.293 e. The number of halogens is 1. The molecule has 5 aromatic rings. The number of hydrogen-bond acceptors (Lipinski definition) is 11. The molecule has 0 radical (unpaired) electrons. The summed E-state index contributed by atoms with van der Waals surface area (Å²) < 4.78 is 41.2. The highest BCUT2D eigenvalue weighted by Gasteiger charge is 2.45. The molecule has 2 aromatic heterocycles. The minimum Gasteiger partial charge on any atom is -0.455 e. The van der Waals surface area contributed by atoms with E-state index in [2.05, 4.69) is 55.8 Å². The Kier molecular flexibility index (Phi) is 12.2. The monoisotopic (exact) mass is 907 g/mol. The Morgan fingerprint density at radius 2 is 1.78 bits per heavy atom. The predicted octanol–water partition coefficient (Wildman–Crippen LogP) is 9.44. The lowest BCUT2D eigenvalue weighted by atomic mass is 9.71. The van der Waals surface area contributed by atoms with Crippen LogP contribution in [0.3, 0.4) is 0 Å². The van der Waals surface area contributed by atoms with Crippen LogP contribution in [0.1, 0.15) is 74.7 Å². The molecule has 5 heterocycles. The van der Waals surface area contributed by atoms with Gasteiger partial charge in [0.25, 0.3) is 21.6 Å². The molecule has 16 heteroatoms. The predicted molar refractivity (Wildman–Crippen MR) is 249 cm³/mol. The van der Waals surface area contributed by atoms with Crippen LogP contribution >= 0.6 is 11.6 Å². The first-order valence-corrected chi connectivity index (χ1v) is 23.9. The average molecular weight is 909 g/mol. The van der Waals surface area contributed by atoms with Crippen molar-refractivity contribution >= 4 is 61.2 Å². The van der Waals surface area contributed by atoms with Gasteiger partial charge in [0, 0.05) is 79.2 Å². The fourth-order valence-electron chi connectivity index (χ4n) is 9.68. The Balaban J connectivity index is 0.895. The van der Waals surface area contributed by atoms with Crippen LogP contribution in [0.2, 0.25) is 5.02 Å². The summed E-state index contributed by atoms with van der Waals surface area (Å²) in [6, 6.07) is 20.7. The van der Waals surface area contributed by atoms with E-state index in [1.54, 1.807) is 24.4 Å². The molecule has 1 aliphatic carbocycles. The second-order valence-corrected chi connectivity index (χ2v) is 20.9. The second kappa shape index (κ2) is 17.8. The van der Waals surface area contributed by atoms with E-state index in [9.17, 15) is 23.3 Å². The number of carbonyl (C=O) groups excluding carboxylic acids is 1. The summed E-state index contributed by atoms with van der Waals surface area (Å²) >= 11 is 6.25. The smallest absolute Gasteiger partial charge is 0.293 e. The number of carbonyl (C=O) groups is 1. The summed E-state index contributed by atoms with van der Waals surface area (Å²) in [6.07, 6.45) is 10.5. The number of allylic oxidation sites excluding steroid dienone is 1. The summed E-state index contributed by atoms with van der Waals surface area (Å²) in [7, 11) is -4.55. The molecule has 3 fully saturated rings. The van der Waals surface area contributed by atoms with Crippen LogP contribution in [0.15, 0.2) is 95.7 Å². The number of nitrogens with one attached hydrogen (secondary N) is 3. The zero-order valence-electron chi connectivity index (χ0n) is 36.2. The molecular formula is C48H54ClN7O7S. The van der Waals surface area contributed by atoms with Crippen molar-refractivity contribution in [3.63, 3.8) is 0 Å². The van der Waals surface area contributed by atoms with Crippen molar-refractivity contribution in [2.75, 3.05) is 62.7 Å². The van der Waals surface area contributed by atoms with E-state index in [4.69, 9.17) is 21.1 Å². The number of aromatic amines is 1. The molecule has 4 aliphatic rings. The summed E-state index contributed by atoms with van der Waals surface area (Å²) in [5, 5.41) is 16.8. The van der Waals surface area contributed by atoms with Gasteiger partial charge in [-0.05, 0) is 129 Å². The molecule has 1 amide bonds. The molecule has 9 rings (SSSR count). The highest BCUT2D eigenvalue weighted by atomic mass is 35.5. The first-order chi connectivity index (χ1) is 30.7. The number of fused-ring (bicyclic) bond motifs is 1. The van der Waals surface area contributed by atoms with Crippen LogP contribution in [0.5, 0.6) is 11.5 Å². The molecule has 3 saturated heterocycles. The van der Waals surface area contributed by atoms with Gasteiger partial charge >= 0.3 is 0 Å². The van der Waals surface area contributed by atoms with E-state index in [0.29, 0.717) is 31.2 Å². The molecule has 0 atom stereocenters. The maximum absolute atomic E-state index is 13.9. The Bertz CT molecular complexity index is 2700. The number of hydrogen-bond donors (Lipinski definition) is 3. The van der Waals surface area contributed by atoms with Crippen molar-refractivity contribution in [2.24, 2.45) is 16.7 Å². The van der Waals surface area contributed by atoms with E-state index >= 15 is 0 Å². The molecule has 1 spiro atoms. The summed E-state index contributed by atoms with van der Waals surface area (Å²) in [6.45, 7) is 11.2. The Morgan fingerprint density at radius 1 is 1.02 bits per heavy atom. The number of benzene rings is 3. The molecule has 3 aliphatic heterocycles. The molecule has 3 N–H and O–H groups in total. The van der Waals surface area contributed by atoms with Gasteiger partial charge in [-0.25, -0.2) is 18.1 Å². The third-order valence-electron chi connectivity index (χ3n) is 13.6. The van der Waals surface area contributed by atoms with Crippen molar-refractivity contribution in [1.82, 2.24) is 19.6 Å². The minimum absolute atomic E-state index is 0.0207. The fraction of sp³-hybridized carbons (Fsp3) is 0.417. The number of nitro groups is 1. The number of ether oxygens (including phenoxy) is 2. The number of amides is 1. The molecule has 0 unspecified atom stereocenters. The number of rotatable bonds is 13. The van der Waals surface area contributed by atoms with Gasteiger partial charge < -0.3 is 24.7 Å². The van der Waals surface area contributed by atoms with Crippen LogP contribution in [-0.4, -0.2) is 86.6 Å². The molecule has 0 saturated carbocycles. The highest BCUT2D eigenvalue weighted by Crippen LogP contribution is 2.46. The Hall–Kier alpha value is -5.48. The lowest BCUT2D eigenvalue weighted by Gasteiger charge is -2.55. The largest absolute Gasteiger partial charge is 0.455 e. The van der Waals surface area contributed by atoms with Crippen LogP contribution in [0.25, 0.3) is 16.6 Å². The lowest BCUT2D eigenvalue weighted by Crippen LogP contribution is -2.60. The SMILES string of the molecule is CC1(C)CCC(CN2CCC3(CC2)CN(c2ccc(C(=O)NS(=O)(=O)c4ccc(NCC5CCOCC5)c([N+](=O)[O-])c4)c(Oc4cnc5[nH]ccc5c4)c2)C3)=C(c2ccc(Cl)cc2)C1. The summed E-state index contributed by atoms with van der Waals surface area (Å²) in [5.41, 5.74) is 6.00. The maximum atomic E-state index is 13.9. The zero-order valence-corrected chi connectivity index (χ0v) is 37.8. The second-order valence-electron chi connectivity index (χ2n) is 18.7. The summed E-state index contributed by atoms with van der Waals surface area (Å²) in [4.78, 5) is 37.3. The molecule has 336 valence electrons. The van der Waals surface area contributed by atoms with Crippen molar-refractivity contribution < 1.29 is 27.6 Å². The Labute approximate surface area is 378 Å². The molecular weight excluding hydrogens is 854 g/mol. The van der Waals surface area contributed by atoms with Gasteiger partial charge in [-0.2, -0.15) is 0 Å². The minimum atomic E-state index is -4.55. The number of aromatic nitrogens is 2. The van der Waals surface area contributed by atoms with Gasteiger partial charge in [0.2, 0.25) is 0 Å². The molecule has 64 heavy (non-hydrogen) atoms. The topological polar surface area (TPSA) is 172 Å². The standard InChI is InChI=1S/C48H54ClN7O7S/c1-47(2)15-11-35(41(26-47)33-3-5-36(49)6-4-33)29-54-19-16-48(17-20-54)30-55(31-48)37-7-9-40(44(24-37)63-38-23-34-12-18-50-45(34)52-28-38)46(57)53-64(60,61)39-8-10-42(43(25-39)56(58)59)51-27-32-13-21-62-22-14-32/h3-10,12,18,23-25,28,32,51H,11,13-17,19-22,26-27,29-31H2,1-2H3,(H,50,52)(H,53,57). The van der Waals surface area contributed by atoms with E-state index in [-0.39, 0.29) is 33.7 Å². The third-order valence-corrected chi connectivity index (χ3v) is 15.1. The number of anilines is 2. The van der Waals surface area contributed by atoms with Gasteiger partial charge in [-0.3, -0.25) is 19.8 Å².